The highest BCUT2D eigenvalue weighted by molar-refractivity contribution is 6.19. The zero-order valence-corrected chi connectivity index (χ0v) is 12.1. The number of nitrogens with zero attached hydrogens (tertiary/aromatic N) is 3. The Morgan fingerprint density at radius 3 is 2.67 bits per heavy atom. The van der Waals surface area contributed by atoms with Gasteiger partial charge in [-0.3, -0.25) is 4.79 Å². The van der Waals surface area contributed by atoms with Crippen LogP contribution in [0.4, 0.5) is 5.69 Å². The molecule has 4 heteroatoms. The van der Waals surface area contributed by atoms with Gasteiger partial charge in [0, 0.05) is 29.7 Å². The normalized spacial score (nSPS) is 17.6. The van der Waals surface area contributed by atoms with E-state index in [2.05, 4.69) is 20.9 Å². The number of hydrogen-bond acceptors (Lipinski definition) is 4. The Balaban J connectivity index is 1.98. The number of allylic oxidation sites excluding steroid dienone is 1. The van der Waals surface area contributed by atoms with Crippen LogP contribution in [0.25, 0.3) is 17.0 Å². The van der Waals surface area contributed by atoms with Gasteiger partial charge in [0.1, 0.15) is 11.5 Å². The molecule has 2 aromatic rings. The monoisotopic (exact) mass is 279 g/mol. The molecule has 0 bridgehead atoms. The van der Waals surface area contributed by atoms with E-state index in [1.165, 1.54) is 24.9 Å². The van der Waals surface area contributed by atoms with Crippen LogP contribution in [0.5, 0.6) is 0 Å². The van der Waals surface area contributed by atoms with Gasteiger partial charge in [-0.25, -0.2) is 9.97 Å². The molecule has 0 N–H and O–H groups in total. The first kappa shape index (κ1) is 12.5. The van der Waals surface area contributed by atoms with Crippen molar-refractivity contribution < 1.29 is 4.79 Å². The van der Waals surface area contributed by atoms with Crippen molar-refractivity contribution >= 4 is 28.4 Å². The average molecular weight is 279 g/mol. The molecule has 4 nitrogen and oxygen atoms in total. The van der Waals surface area contributed by atoms with Gasteiger partial charge in [0.05, 0.1) is 5.52 Å². The number of aryl methyl sites for hydroxylation is 1. The first-order valence-corrected chi connectivity index (χ1v) is 7.53. The Morgan fingerprint density at radius 1 is 1.05 bits per heavy atom. The van der Waals surface area contributed by atoms with Gasteiger partial charge in [-0.2, -0.15) is 0 Å². The van der Waals surface area contributed by atoms with E-state index in [-0.39, 0.29) is 5.78 Å². The van der Waals surface area contributed by atoms with Crippen molar-refractivity contribution in [1.82, 2.24) is 9.97 Å². The molecule has 0 saturated carbocycles. The zero-order valence-electron chi connectivity index (χ0n) is 12.1. The van der Waals surface area contributed by atoms with E-state index in [4.69, 9.17) is 0 Å². The Morgan fingerprint density at radius 2 is 1.86 bits per heavy atom. The summed E-state index contributed by atoms with van der Waals surface area (Å²) in [6.07, 6.45) is 7.34. The summed E-state index contributed by atoms with van der Waals surface area (Å²) in [4.78, 5) is 23.4. The molecule has 4 rings (SSSR count). The first-order valence-electron chi connectivity index (χ1n) is 7.53. The van der Waals surface area contributed by atoms with Crippen LogP contribution in [0, 0.1) is 6.92 Å². The first-order chi connectivity index (χ1) is 10.2. The van der Waals surface area contributed by atoms with Crippen LogP contribution in [0.15, 0.2) is 18.2 Å². The van der Waals surface area contributed by atoms with Gasteiger partial charge in [0.25, 0.3) is 0 Å². The predicted molar refractivity (Wildman–Crippen MR) is 83.7 cm³/mol. The van der Waals surface area contributed by atoms with E-state index in [1.807, 2.05) is 19.1 Å². The molecule has 0 unspecified atom stereocenters. The van der Waals surface area contributed by atoms with Crippen LogP contribution in [0.3, 0.4) is 0 Å². The minimum absolute atomic E-state index is 0.0196. The lowest BCUT2D eigenvalue weighted by Crippen LogP contribution is -2.30. The number of carbonyl (C=O) groups is 1. The number of ketones is 1. The summed E-state index contributed by atoms with van der Waals surface area (Å²) in [5.41, 5.74) is 3.73. The highest BCUT2D eigenvalue weighted by atomic mass is 16.1. The molecular weight excluding hydrogens is 262 g/mol. The maximum atomic E-state index is 12.1. The fraction of sp³-hybridized carbons (Fsp3) is 0.353. The Labute approximate surface area is 123 Å². The number of anilines is 1. The molecule has 1 aromatic heterocycles. The number of aromatic nitrogens is 2. The minimum atomic E-state index is -0.0196. The zero-order chi connectivity index (χ0) is 14.4. The topological polar surface area (TPSA) is 46.1 Å². The van der Waals surface area contributed by atoms with Crippen LogP contribution < -0.4 is 4.90 Å². The second kappa shape index (κ2) is 4.65. The molecule has 106 valence electrons. The summed E-state index contributed by atoms with van der Waals surface area (Å²) < 4.78 is 0. The van der Waals surface area contributed by atoms with Crippen molar-refractivity contribution in [3.8, 4) is 0 Å². The second-order valence-corrected chi connectivity index (χ2v) is 5.76. The average Bonchev–Trinajstić information content (AvgIpc) is 2.51. The largest absolute Gasteiger partial charge is 0.371 e. The minimum Gasteiger partial charge on any atom is -0.371 e. The third kappa shape index (κ3) is 1.94. The third-order valence-corrected chi connectivity index (χ3v) is 4.32. The van der Waals surface area contributed by atoms with Crippen molar-refractivity contribution in [2.75, 3.05) is 18.0 Å². The molecule has 1 aromatic carbocycles. The molecule has 2 aliphatic rings. The molecule has 0 radical (unpaired) electrons. The second-order valence-electron chi connectivity index (χ2n) is 5.76. The van der Waals surface area contributed by atoms with Crippen molar-refractivity contribution in [1.29, 1.82) is 0 Å². The third-order valence-electron chi connectivity index (χ3n) is 4.32. The Kier molecular flexibility index (Phi) is 2.77. The Hall–Kier alpha value is -2.23. The van der Waals surface area contributed by atoms with Crippen molar-refractivity contribution in [2.45, 2.75) is 26.2 Å². The molecule has 21 heavy (non-hydrogen) atoms. The van der Waals surface area contributed by atoms with Crippen LogP contribution in [0.2, 0.25) is 0 Å². The van der Waals surface area contributed by atoms with Crippen molar-refractivity contribution in [2.24, 2.45) is 0 Å². The molecule has 1 saturated heterocycles. The predicted octanol–water partition coefficient (Wildman–Crippen LogP) is 3.14. The summed E-state index contributed by atoms with van der Waals surface area (Å²) in [5, 5.41) is 0.913. The molecule has 1 aliphatic carbocycles. The summed E-state index contributed by atoms with van der Waals surface area (Å²) in [6.45, 7) is 4.00. The SMILES string of the molecule is Cc1nc2c3c(c(N4CCCCC4)ccc3n1)C=CC2=O. The molecular formula is C17H17N3O. The van der Waals surface area contributed by atoms with Gasteiger partial charge >= 0.3 is 0 Å². The van der Waals surface area contributed by atoms with E-state index in [9.17, 15) is 4.79 Å². The maximum absolute atomic E-state index is 12.1. The highest BCUT2D eigenvalue weighted by Gasteiger charge is 2.23. The van der Waals surface area contributed by atoms with E-state index >= 15 is 0 Å². The van der Waals surface area contributed by atoms with E-state index in [0.717, 1.165) is 29.6 Å². The van der Waals surface area contributed by atoms with Gasteiger partial charge in [0.2, 0.25) is 5.78 Å². The van der Waals surface area contributed by atoms with Gasteiger partial charge < -0.3 is 4.90 Å². The van der Waals surface area contributed by atoms with E-state index < -0.39 is 0 Å². The van der Waals surface area contributed by atoms with Gasteiger partial charge in [-0.15, -0.1) is 0 Å². The standard InChI is InChI=1S/C17H17N3O/c1-11-18-13-6-7-14(20-9-3-2-4-10-20)12-5-8-15(21)17(19-11)16(12)13/h5-8H,2-4,9-10H2,1H3. The quantitative estimate of drug-likeness (QED) is 0.804. The van der Waals surface area contributed by atoms with E-state index in [0.29, 0.717) is 11.5 Å². The lowest BCUT2D eigenvalue weighted by Gasteiger charge is -2.31. The molecule has 2 heterocycles. The van der Waals surface area contributed by atoms with Crippen molar-refractivity contribution in [3.05, 3.63) is 35.3 Å². The lowest BCUT2D eigenvalue weighted by atomic mass is 9.95. The van der Waals surface area contributed by atoms with E-state index in [1.54, 1.807) is 6.08 Å². The summed E-state index contributed by atoms with van der Waals surface area (Å²) >= 11 is 0. The number of rotatable bonds is 1. The molecule has 0 amide bonds. The fourth-order valence-electron chi connectivity index (χ4n) is 3.35. The summed E-state index contributed by atoms with van der Waals surface area (Å²) in [5.74, 6) is 0.631. The van der Waals surface area contributed by atoms with Crippen LogP contribution in [-0.2, 0) is 0 Å². The molecule has 1 aliphatic heterocycles. The smallest absolute Gasteiger partial charge is 0.204 e. The van der Waals surface area contributed by atoms with Crippen LogP contribution in [-0.4, -0.2) is 28.8 Å². The van der Waals surface area contributed by atoms with Gasteiger partial charge in [0.15, 0.2) is 0 Å². The number of hydrogen-bond donors (Lipinski definition) is 0. The number of carbonyl (C=O) groups excluding carboxylic acids is 1. The molecule has 0 spiro atoms. The summed E-state index contributed by atoms with van der Waals surface area (Å²) in [7, 11) is 0. The van der Waals surface area contributed by atoms with Crippen molar-refractivity contribution in [3.63, 3.8) is 0 Å². The lowest BCUT2D eigenvalue weighted by molar-refractivity contribution is 0.104. The maximum Gasteiger partial charge on any atom is 0.204 e. The van der Waals surface area contributed by atoms with Crippen LogP contribution in [0.1, 0.15) is 41.1 Å². The summed E-state index contributed by atoms with van der Waals surface area (Å²) in [6, 6.07) is 4.16. The Bertz CT molecular complexity index is 773. The van der Waals surface area contributed by atoms with Gasteiger partial charge in [-0.1, -0.05) is 0 Å². The molecule has 1 fully saturated rings. The number of piperidine rings is 1. The fourth-order valence-corrected chi connectivity index (χ4v) is 3.35. The molecule has 0 atom stereocenters. The van der Waals surface area contributed by atoms with Crippen LogP contribution >= 0.6 is 0 Å². The highest BCUT2D eigenvalue weighted by Crippen LogP contribution is 2.35. The van der Waals surface area contributed by atoms with Gasteiger partial charge in [-0.05, 0) is 50.5 Å². The number of benzene rings is 1.